The summed E-state index contributed by atoms with van der Waals surface area (Å²) in [5.41, 5.74) is 0.932. The Hall–Kier alpha value is -2.17. The lowest BCUT2D eigenvalue weighted by Gasteiger charge is -2.23. The Balaban J connectivity index is 1.77. The Labute approximate surface area is 159 Å². The molecule has 1 aliphatic rings. The molecular weight excluding hydrogens is 406 g/mol. The fraction of sp³-hybridized carbons (Fsp3) is 0.294. The number of hydrogen-bond donors (Lipinski definition) is 0. The largest absolute Gasteiger partial charge is 0.354 e. The van der Waals surface area contributed by atoms with Crippen LogP contribution in [-0.4, -0.2) is 47.0 Å². The number of amides is 1. The van der Waals surface area contributed by atoms with E-state index in [0.29, 0.717) is 41.1 Å². The highest BCUT2D eigenvalue weighted by molar-refractivity contribution is 9.10. The van der Waals surface area contributed by atoms with Crippen LogP contribution in [0.2, 0.25) is 5.15 Å². The van der Waals surface area contributed by atoms with Crippen molar-refractivity contribution in [2.24, 2.45) is 0 Å². The van der Waals surface area contributed by atoms with Gasteiger partial charge in [-0.1, -0.05) is 11.6 Å². The van der Waals surface area contributed by atoms with Gasteiger partial charge in [0.15, 0.2) is 0 Å². The van der Waals surface area contributed by atoms with Gasteiger partial charge in [0.25, 0.3) is 5.91 Å². The van der Waals surface area contributed by atoms with Crippen LogP contribution >= 0.6 is 27.5 Å². The van der Waals surface area contributed by atoms with Gasteiger partial charge in [-0.05, 0) is 40.5 Å². The number of anilines is 1. The standard InChI is InChI=1S/C17H15BrClN5O/c18-13-9-14(15(19)22-11-13)17(25)24-6-2-5-23(7-8-24)16-12(10-20)3-1-4-21-16/h1,3-4,9,11H,2,5-8H2. The number of carbonyl (C=O) groups excluding carboxylic acids is 1. The van der Waals surface area contributed by atoms with Gasteiger partial charge in [0.2, 0.25) is 0 Å². The summed E-state index contributed by atoms with van der Waals surface area (Å²) in [5, 5.41) is 9.46. The Kier molecular flexibility index (Phi) is 5.51. The molecule has 0 unspecified atom stereocenters. The Morgan fingerprint density at radius 1 is 1.28 bits per heavy atom. The monoisotopic (exact) mass is 419 g/mol. The van der Waals surface area contributed by atoms with Crippen molar-refractivity contribution < 1.29 is 4.79 Å². The van der Waals surface area contributed by atoms with E-state index in [4.69, 9.17) is 11.6 Å². The van der Waals surface area contributed by atoms with E-state index in [0.717, 1.165) is 13.0 Å². The second kappa shape index (κ2) is 7.81. The lowest BCUT2D eigenvalue weighted by Crippen LogP contribution is -2.35. The van der Waals surface area contributed by atoms with Crippen LogP contribution in [0.25, 0.3) is 0 Å². The molecule has 3 rings (SSSR count). The molecule has 0 spiro atoms. The molecule has 3 heterocycles. The van der Waals surface area contributed by atoms with Crippen molar-refractivity contribution in [1.82, 2.24) is 14.9 Å². The van der Waals surface area contributed by atoms with Crippen LogP contribution in [0.15, 0.2) is 35.1 Å². The number of carbonyl (C=O) groups is 1. The maximum atomic E-state index is 12.8. The van der Waals surface area contributed by atoms with Crippen LogP contribution in [0.4, 0.5) is 5.82 Å². The molecule has 1 fully saturated rings. The molecule has 25 heavy (non-hydrogen) atoms. The van der Waals surface area contributed by atoms with E-state index in [1.807, 2.05) is 4.90 Å². The summed E-state index contributed by atoms with van der Waals surface area (Å²) in [6, 6.07) is 7.36. The predicted octanol–water partition coefficient (Wildman–Crippen LogP) is 3.12. The summed E-state index contributed by atoms with van der Waals surface area (Å²) in [6.45, 7) is 2.49. The van der Waals surface area contributed by atoms with Crippen LogP contribution < -0.4 is 4.90 Å². The highest BCUT2D eigenvalue weighted by atomic mass is 79.9. The van der Waals surface area contributed by atoms with E-state index in [1.54, 1.807) is 35.5 Å². The minimum absolute atomic E-state index is 0.137. The smallest absolute Gasteiger partial charge is 0.257 e. The Morgan fingerprint density at radius 2 is 2.12 bits per heavy atom. The van der Waals surface area contributed by atoms with Crippen molar-refractivity contribution in [3.05, 3.63) is 51.3 Å². The average molecular weight is 421 g/mol. The van der Waals surface area contributed by atoms with Gasteiger partial charge in [-0.15, -0.1) is 0 Å². The topological polar surface area (TPSA) is 73.1 Å². The minimum atomic E-state index is -0.137. The zero-order chi connectivity index (χ0) is 17.8. The van der Waals surface area contributed by atoms with Crippen LogP contribution in [0.1, 0.15) is 22.3 Å². The number of aromatic nitrogens is 2. The molecule has 0 radical (unpaired) electrons. The molecule has 0 saturated carbocycles. The van der Waals surface area contributed by atoms with E-state index in [-0.39, 0.29) is 11.1 Å². The van der Waals surface area contributed by atoms with Crippen molar-refractivity contribution in [2.45, 2.75) is 6.42 Å². The number of halogens is 2. The van der Waals surface area contributed by atoms with Crippen molar-refractivity contribution in [1.29, 1.82) is 5.26 Å². The number of pyridine rings is 2. The lowest BCUT2D eigenvalue weighted by molar-refractivity contribution is 0.0766. The molecule has 8 heteroatoms. The summed E-state index contributed by atoms with van der Waals surface area (Å²) < 4.78 is 0.712. The van der Waals surface area contributed by atoms with Crippen LogP contribution in [0, 0.1) is 11.3 Å². The molecule has 2 aromatic heterocycles. The fourth-order valence-corrected chi connectivity index (χ4v) is 3.33. The van der Waals surface area contributed by atoms with Crippen LogP contribution in [0.3, 0.4) is 0 Å². The summed E-state index contributed by atoms with van der Waals surface area (Å²) in [7, 11) is 0. The van der Waals surface area contributed by atoms with Gasteiger partial charge >= 0.3 is 0 Å². The molecule has 2 aromatic rings. The predicted molar refractivity (Wildman–Crippen MR) is 98.6 cm³/mol. The highest BCUT2D eigenvalue weighted by Crippen LogP contribution is 2.22. The zero-order valence-corrected chi connectivity index (χ0v) is 15.7. The van der Waals surface area contributed by atoms with Gasteiger partial charge in [0, 0.05) is 43.0 Å². The number of nitrogens with zero attached hydrogens (tertiary/aromatic N) is 5. The first-order valence-corrected chi connectivity index (χ1v) is 8.97. The van der Waals surface area contributed by atoms with Gasteiger partial charge in [-0.25, -0.2) is 9.97 Å². The Morgan fingerprint density at radius 3 is 2.92 bits per heavy atom. The van der Waals surface area contributed by atoms with E-state index >= 15 is 0 Å². The molecule has 6 nitrogen and oxygen atoms in total. The van der Waals surface area contributed by atoms with Crippen molar-refractivity contribution in [3.8, 4) is 6.07 Å². The SMILES string of the molecule is N#Cc1cccnc1N1CCCN(C(=O)c2cc(Br)cnc2Cl)CC1. The fourth-order valence-electron chi connectivity index (χ4n) is 2.81. The zero-order valence-electron chi connectivity index (χ0n) is 13.3. The lowest BCUT2D eigenvalue weighted by atomic mass is 10.2. The molecule has 128 valence electrons. The van der Waals surface area contributed by atoms with Gasteiger partial charge in [-0.3, -0.25) is 4.79 Å². The quantitative estimate of drug-likeness (QED) is 0.698. The third-order valence-corrected chi connectivity index (χ3v) is 4.76. The van der Waals surface area contributed by atoms with E-state index in [9.17, 15) is 10.1 Å². The summed E-state index contributed by atoms with van der Waals surface area (Å²) in [6.07, 6.45) is 4.02. The van der Waals surface area contributed by atoms with Gasteiger partial charge in [0.05, 0.1) is 11.1 Å². The molecule has 1 aliphatic heterocycles. The average Bonchev–Trinajstić information content (AvgIpc) is 2.89. The molecule has 1 saturated heterocycles. The van der Waals surface area contributed by atoms with Gasteiger partial charge in [-0.2, -0.15) is 5.26 Å². The second-order valence-electron chi connectivity index (χ2n) is 5.61. The van der Waals surface area contributed by atoms with Gasteiger partial charge in [0.1, 0.15) is 17.0 Å². The van der Waals surface area contributed by atoms with Crippen LogP contribution in [0.5, 0.6) is 0 Å². The third kappa shape index (κ3) is 3.91. The molecule has 0 aromatic carbocycles. The van der Waals surface area contributed by atoms with E-state index in [1.165, 1.54) is 0 Å². The summed E-state index contributed by atoms with van der Waals surface area (Å²) in [4.78, 5) is 25.0. The van der Waals surface area contributed by atoms with E-state index in [2.05, 4.69) is 32.0 Å². The molecular formula is C17H15BrClN5O. The van der Waals surface area contributed by atoms with Crippen molar-refractivity contribution in [3.63, 3.8) is 0 Å². The van der Waals surface area contributed by atoms with Crippen molar-refractivity contribution in [2.75, 3.05) is 31.1 Å². The first-order chi connectivity index (χ1) is 12.1. The normalized spacial score (nSPS) is 14.8. The second-order valence-corrected chi connectivity index (χ2v) is 6.88. The molecule has 1 amide bonds. The number of hydrogen-bond acceptors (Lipinski definition) is 5. The maximum absolute atomic E-state index is 12.8. The molecule has 0 aliphatic carbocycles. The van der Waals surface area contributed by atoms with Crippen molar-refractivity contribution >= 4 is 39.3 Å². The summed E-state index contributed by atoms with van der Waals surface area (Å²) in [5.74, 6) is 0.531. The minimum Gasteiger partial charge on any atom is -0.354 e. The first kappa shape index (κ1) is 17.6. The molecule has 0 N–H and O–H groups in total. The van der Waals surface area contributed by atoms with E-state index < -0.39 is 0 Å². The van der Waals surface area contributed by atoms with Crippen LogP contribution in [-0.2, 0) is 0 Å². The third-order valence-electron chi connectivity index (χ3n) is 4.03. The highest BCUT2D eigenvalue weighted by Gasteiger charge is 2.24. The van der Waals surface area contributed by atoms with Gasteiger partial charge < -0.3 is 9.80 Å². The first-order valence-electron chi connectivity index (χ1n) is 7.80. The number of nitriles is 1. The maximum Gasteiger partial charge on any atom is 0.257 e. The Bertz CT molecular complexity index is 838. The number of rotatable bonds is 2. The molecule has 0 bridgehead atoms. The molecule has 0 atom stereocenters. The summed E-state index contributed by atoms with van der Waals surface area (Å²) >= 11 is 9.40.